The summed E-state index contributed by atoms with van der Waals surface area (Å²) in [4.78, 5) is 22.3. The van der Waals surface area contributed by atoms with Crippen LogP contribution in [0.2, 0.25) is 0 Å². The van der Waals surface area contributed by atoms with E-state index in [9.17, 15) is 4.79 Å². The number of anilines is 2. The number of hydrogen-bond donors (Lipinski definition) is 1. The van der Waals surface area contributed by atoms with Crippen LogP contribution in [0.25, 0.3) is 0 Å². The summed E-state index contributed by atoms with van der Waals surface area (Å²) in [6.45, 7) is 2.63. The number of aromatic nitrogens is 3. The summed E-state index contributed by atoms with van der Waals surface area (Å²) in [5.41, 5.74) is 6.42. The molecule has 0 aliphatic rings. The number of imidazole rings is 1. The van der Waals surface area contributed by atoms with Crippen molar-refractivity contribution in [3.8, 4) is 0 Å². The van der Waals surface area contributed by atoms with Crippen LogP contribution in [0.15, 0.2) is 24.7 Å². The Kier molecular flexibility index (Phi) is 4.42. The molecule has 112 valence electrons. The molecule has 2 aromatic rings. The fourth-order valence-corrected chi connectivity index (χ4v) is 1.89. The molecule has 0 saturated heterocycles. The first-order valence-electron chi connectivity index (χ1n) is 6.63. The van der Waals surface area contributed by atoms with Crippen molar-refractivity contribution in [2.45, 2.75) is 13.5 Å². The average molecular weight is 289 g/mol. The molecule has 7 nitrogen and oxygen atoms in total. The molecule has 2 N–H and O–H groups in total. The lowest BCUT2D eigenvalue weighted by Crippen LogP contribution is -2.21. The molecular weight excluding hydrogens is 270 g/mol. The zero-order valence-corrected chi connectivity index (χ0v) is 12.4. The quantitative estimate of drug-likeness (QED) is 0.833. The smallest absolute Gasteiger partial charge is 0.340 e. The van der Waals surface area contributed by atoms with E-state index < -0.39 is 5.97 Å². The van der Waals surface area contributed by atoms with E-state index >= 15 is 0 Å². The summed E-state index contributed by atoms with van der Waals surface area (Å²) in [5.74, 6) is 1.09. The number of rotatable bonds is 5. The summed E-state index contributed by atoms with van der Waals surface area (Å²) >= 11 is 0. The van der Waals surface area contributed by atoms with Gasteiger partial charge < -0.3 is 19.9 Å². The minimum Gasteiger partial charge on any atom is -0.462 e. The van der Waals surface area contributed by atoms with Gasteiger partial charge >= 0.3 is 5.97 Å². The molecule has 0 aliphatic carbocycles. The summed E-state index contributed by atoms with van der Waals surface area (Å²) in [5, 5.41) is 0. The summed E-state index contributed by atoms with van der Waals surface area (Å²) in [6, 6.07) is 1.64. The average Bonchev–Trinajstić information content (AvgIpc) is 2.85. The van der Waals surface area contributed by atoms with E-state index in [2.05, 4.69) is 9.97 Å². The second-order valence-corrected chi connectivity index (χ2v) is 4.66. The van der Waals surface area contributed by atoms with Gasteiger partial charge in [-0.05, 0) is 13.0 Å². The van der Waals surface area contributed by atoms with Crippen LogP contribution in [0.5, 0.6) is 0 Å². The Balaban J connectivity index is 2.22. The number of nitrogens with two attached hydrogens (primary N) is 1. The van der Waals surface area contributed by atoms with Crippen molar-refractivity contribution in [2.75, 3.05) is 24.3 Å². The molecule has 0 bridgehead atoms. The summed E-state index contributed by atoms with van der Waals surface area (Å²) in [7, 11) is 3.80. The molecule has 0 aliphatic heterocycles. The minimum absolute atomic E-state index is 0.305. The lowest BCUT2D eigenvalue weighted by molar-refractivity contribution is 0.0527. The van der Waals surface area contributed by atoms with E-state index in [1.165, 1.54) is 6.20 Å². The van der Waals surface area contributed by atoms with E-state index in [0.29, 0.717) is 30.2 Å². The highest BCUT2D eigenvalue weighted by molar-refractivity contribution is 5.95. The number of carbonyl (C=O) groups is 1. The molecule has 21 heavy (non-hydrogen) atoms. The van der Waals surface area contributed by atoms with Crippen molar-refractivity contribution >= 4 is 17.5 Å². The van der Waals surface area contributed by atoms with Gasteiger partial charge in [0.25, 0.3) is 0 Å². The minimum atomic E-state index is -0.441. The predicted octanol–water partition coefficient (Wildman–Crippen LogP) is 1.21. The van der Waals surface area contributed by atoms with E-state index in [0.717, 1.165) is 5.82 Å². The van der Waals surface area contributed by atoms with E-state index in [1.54, 1.807) is 19.2 Å². The Morgan fingerprint density at radius 2 is 2.24 bits per heavy atom. The Hall–Kier alpha value is -2.57. The predicted molar refractivity (Wildman–Crippen MR) is 79.9 cm³/mol. The van der Waals surface area contributed by atoms with Gasteiger partial charge in [-0.3, -0.25) is 0 Å². The highest BCUT2D eigenvalue weighted by Crippen LogP contribution is 2.19. The monoisotopic (exact) mass is 289 g/mol. The molecule has 0 atom stereocenters. The molecule has 7 heteroatoms. The van der Waals surface area contributed by atoms with Crippen molar-refractivity contribution in [1.29, 1.82) is 0 Å². The Labute approximate surface area is 123 Å². The number of pyridine rings is 1. The number of hydrogen-bond acceptors (Lipinski definition) is 6. The maximum atomic E-state index is 11.8. The second kappa shape index (κ2) is 6.25. The van der Waals surface area contributed by atoms with Crippen molar-refractivity contribution in [1.82, 2.24) is 14.5 Å². The van der Waals surface area contributed by atoms with Crippen molar-refractivity contribution in [3.05, 3.63) is 36.0 Å². The summed E-state index contributed by atoms with van der Waals surface area (Å²) < 4.78 is 6.92. The number of aryl methyl sites for hydroxylation is 1. The van der Waals surface area contributed by atoms with Crippen LogP contribution in [0.1, 0.15) is 23.1 Å². The lowest BCUT2D eigenvalue weighted by Gasteiger charge is -2.18. The molecule has 2 aromatic heterocycles. The second-order valence-electron chi connectivity index (χ2n) is 4.66. The lowest BCUT2D eigenvalue weighted by atomic mass is 10.2. The summed E-state index contributed by atoms with van der Waals surface area (Å²) in [6.07, 6.45) is 5.09. The van der Waals surface area contributed by atoms with Gasteiger partial charge in [0, 0.05) is 26.5 Å². The van der Waals surface area contributed by atoms with Crippen LogP contribution in [-0.4, -0.2) is 34.2 Å². The van der Waals surface area contributed by atoms with Gasteiger partial charge in [0.2, 0.25) is 0 Å². The number of carbonyl (C=O) groups excluding carboxylic acids is 1. The molecule has 2 heterocycles. The molecular formula is C14H19N5O2. The first-order chi connectivity index (χ1) is 10.0. The Bertz CT molecular complexity index is 638. The van der Waals surface area contributed by atoms with E-state index in [4.69, 9.17) is 10.5 Å². The molecule has 2 rings (SSSR count). The van der Waals surface area contributed by atoms with Crippen molar-refractivity contribution < 1.29 is 9.53 Å². The Morgan fingerprint density at radius 3 is 2.86 bits per heavy atom. The van der Waals surface area contributed by atoms with E-state index in [1.807, 2.05) is 29.8 Å². The SMILES string of the molecule is CCOC(=O)c1cc(N(C)Cc2nccn2C)ncc1N. The highest BCUT2D eigenvalue weighted by Gasteiger charge is 2.15. The molecule has 0 fully saturated rings. The van der Waals surface area contributed by atoms with Gasteiger partial charge in [0.1, 0.15) is 11.6 Å². The number of ether oxygens (including phenoxy) is 1. The zero-order valence-electron chi connectivity index (χ0n) is 12.4. The van der Waals surface area contributed by atoms with Gasteiger partial charge in [-0.25, -0.2) is 14.8 Å². The Morgan fingerprint density at radius 1 is 1.48 bits per heavy atom. The normalized spacial score (nSPS) is 10.4. The molecule has 0 saturated carbocycles. The molecule has 0 spiro atoms. The van der Waals surface area contributed by atoms with Gasteiger partial charge in [-0.2, -0.15) is 0 Å². The third-order valence-electron chi connectivity index (χ3n) is 3.11. The highest BCUT2D eigenvalue weighted by atomic mass is 16.5. The fraction of sp³-hybridized carbons (Fsp3) is 0.357. The number of esters is 1. The number of nitrogen functional groups attached to an aromatic ring is 1. The third-order valence-corrected chi connectivity index (χ3v) is 3.11. The van der Waals surface area contributed by atoms with Crippen molar-refractivity contribution in [3.63, 3.8) is 0 Å². The maximum absolute atomic E-state index is 11.8. The van der Waals surface area contributed by atoms with Gasteiger partial charge in [-0.1, -0.05) is 0 Å². The van der Waals surface area contributed by atoms with Crippen LogP contribution in [0.4, 0.5) is 11.5 Å². The maximum Gasteiger partial charge on any atom is 0.340 e. The molecule has 0 amide bonds. The van der Waals surface area contributed by atoms with E-state index in [-0.39, 0.29) is 0 Å². The van der Waals surface area contributed by atoms with Gasteiger partial charge in [0.15, 0.2) is 0 Å². The van der Waals surface area contributed by atoms with Gasteiger partial charge in [0.05, 0.1) is 30.6 Å². The van der Waals surface area contributed by atoms with Crippen molar-refractivity contribution in [2.24, 2.45) is 7.05 Å². The standard InChI is InChI=1S/C14H19N5O2/c1-4-21-14(20)10-7-12(17-8-11(10)15)19(3)9-13-16-5-6-18(13)2/h5-8H,4,9,15H2,1-3H3. The topological polar surface area (TPSA) is 86.3 Å². The molecule has 0 radical (unpaired) electrons. The van der Waals surface area contributed by atoms with Crippen LogP contribution >= 0.6 is 0 Å². The molecule has 0 aromatic carbocycles. The van der Waals surface area contributed by atoms with Crippen LogP contribution < -0.4 is 10.6 Å². The van der Waals surface area contributed by atoms with Crippen LogP contribution in [0.3, 0.4) is 0 Å². The van der Waals surface area contributed by atoms with Crippen LogP contribution in [-0.2, 0) is 18.3 Å². The number of nitrogens with zero attached hydrogens (tertiary/aromatic N) is 4. The van der Waals surface area contributed by atoms with Gasteiger partial charge in [-0.15, -0.1) is 0 Å². The first-order valence-corrected chi connectivity index (χ1v) is 6.63. The largest absolute Gasteiger partial charge is 0.462 e. The van der Waals surface area contributed by atoms with Crippen LogP contribution in [0, 0.1) is 0 Å². The zero-order chi connectivity index (χ0) is 15.4. The first kappa shape index (κ1) is 14.8. The molecule has 0 unspecified atom stereocenters. The fourth-order valence-electron chi connectivity index (χ4n) is 1.89. The third kappa shape index (κ3) is 3.31.